The van der Waals surface area contributed by atoms with Crippen molar-refractivity contribution in [2.75, 3.05) is 11.4 Å². The fraction of sp³-hybridized carbons (Fsp3) is 0.174. The number of aromatic nitrogens is 1. The zero-order chi connectivity index (χ0) is 17.4. The molecule has 2 aromatic carbocycles. The SMILES string of the molecule is CCN1/C(=C/c2ccc3ccccc3[n+]2C)C=Cc2cc(C)ccc21.[I-]. The molecule has 0 atom stereocenters. The van der Waals surface area contributed by atoms with Crippen LogP contribution in [-0.4, -0.2) is 6.54 Å². The van der Waals surface area contributed by atoms with E-state index in [4.69, 9.17) is 0 Å². The van der Waals surface area contributed by atoms with E-state index in [0.29, 0.717) is 0 Å². The van der Waals surface area contributed by atoms with Crippen molar-refractivity contribution in [2.45, 2.75) is 13.8 Å². The van der Waals surface area contributed by atoms with E-state index in [-0.39, 0.29) is 24.0 Å². The van der Waals surface area contributed by atoms with Crippen LogP contribution in [0.2, 0.25) is 0 Å². The molecular formula is C23H23IN2. The summed E-state index contributed by atoms with van der Waals surface area (Å²) in [7, 11) is 2.13. The van der Waals surface area contributed by atoms with Gasteiger partial charge < -0.3 is 28.9 Å². The number of hydrogen-bond acceptors (Lipinski definition) is 1. The van der Waals surface area contributed by atoms with Crippen LogP contribution in [0.15, 0.2) is 66.4 Å². The van der Waals surface area contributed by atoms with E-state index in [1.54, 1.807) is 0 Å². The predicted molar refractivity (Wildman–Crippen MR) is 106 cm³/mol. The Bertz CT molecular complexity index is 1020. The average molecular weight is 454 g/mol. The maximum Gasteiger partial charge on any atom is 0.212 e. The number of benzene rings is 2. The monoisotopic (exact) mass is 454 g/mol. The lowest BCUT2D eigenvalue weighted by atomic mass is 10.0. The highest BCUT2D eigenvalue weighted by molar-refractivity contribution is 5.81. The predicted octanol–water partition coefficient (Wildman–Crippen LogP) is 1.87. The molecule has 0 aliphatic carbocycles. The number of rotatable bonds is 2. The molecule has 2 nitrogen and oxygen atoms in total. The Labute approximate surface area is 172 Å². The number of allylic oxidation sites excluding steroid dienone is 1. The van der Waals surface area contributed by atoms with Gasteiger partial charge in [0, 0.05) is 41.5 Å². The molecule has 0 amide bonds. The summed E-state index contributed by atoms with van der Waals surface area (Å²) < 4.78 is 2.26. The van der Waals surface area contributed by atoms with E-state index >= 15 is 0 Å². The standard InChI is InChI=1S/C23H23N2.HI/c1-4-25-21(13-11-19-15-17(2)9-14-23(19)25)16-20-12-10-18-7-5-6-8-22(18)24(20)3;/h5-16H,4H2,1-3H3;1H/q+1;/p-1. The van der Waals surface area contributed by atoms with Crippen LogP contribution >= 0.6 is 0 Å². The number of nitrogens with zero attached hydrogens (tertiary/aromatic N) is 2. The van der Waals surface area contributed by atoms with Crippen LogP contribution < -0.4 is 33.4 Å². The van der Waals surface area contributed by atoms with Crippen molar-refractivity contribution in [3.63, 3.8) is 0 Å². The number of para-hydroxylation sites is 1. The fourth-order valence-electron chi connectivity index (χ4n) is 3.59. The summed E-state index contributed by atoms with van der Waals surface area (Å²) in [6, 6.07) is 19.6. The number of halogens is 1. The summed E-state index contributed by atoms with van der Waals surface area (Å²) in [6.45, 7) is 5.30. The molecule has 0 saturated carbocycles. The molecule has 0 bridgehead atoms. The first-order valence-electron chi connectivity index (χ1n) is 8.83. The van der Waals surface area contributed by atoms with Gasteiger partial charge >= 0.3 is 0 Å². The summed E-state index contributed by atoms with van der Waals surface area (Å²) in [4.78, 5) is 2.38. The van der Waals surface area contributed by atoms with E-state index in [1.165, 1.54) is 39.1 Å². The average Bonchev–Trinajstić information content (AvgIpc) is 2.64. The minimum absolute atomic E-state index is 0. The van der Waals surface area contributed by atoms with E-state index in [2.05, 4.69) is 103 Å². The van der Waals surface area contributed by atoms with Gasteiger partial charge in [-0.15, -0.1) is 0 Å². The molecule has 3 heteroatoms. The molecule has 1 aliphatic rings. The van der Waals surface area contributed by atoms with E-state index < -0.39 is 0 Å². The lowest BCUT2D eigenvalue weighted by molar-refractivity contribution is -0.646. The Balaban J connectivity index is 0.00000196. The van der Waals surface area contributed by atoms with Gasteiger partial charge in [-0.2, -0.15) is 4.57 Å². The summed E-state index contributed by atoms with van der Waals surface area (Å²) >= 11 is 0. The minimum atomic E-state index is 0. The third-order valence-electron chi connectivity index (χ3n) is 4.95. The van der Waals surface area contributed by atoms with Gasteiger partial charge in [0.25, 0.3) is 0 Å². The highest BCUT2D eigenvalue weighted by Crippen LogP contribution is 2.32. The smallest absolute Gasteiger partial charge is 0.212 e. The summed E-state index contributed by atoms with van der Waals surface area (Å²) in [6.07, 6.45) is 6.72. The highest BCUT2D eigenvalue weighted by Gasteiger charge is 2.18. The summed E-state index contributed by atoms with van der Waals surface area (Å²) in [5, 5.41) is 1.26. The second-order valence-corrected chi connectivity index (χ2v) is 6.59. The molecule has 3 aromatic rings. The number of anilines is 1. The quantitative estimate of drug-likeness (QED) is 0.424. The van der Waals surface area contributed by atoms with Crippen molar-refractivity contribution in [3.8, 4) is 0 Å². The molecule has 0 spiro atoms. The van der Waals surface area contributed by atoms with Gasteiger partial charge in [0.15, 0.2) is 0 Å². The highest BCUT2D eigenvalue weighted by atomic mass is 127. The molecule has 2 heterocycles. The third kappa shape index (κ3) is 3.28. The molecule has 132 valence electrons. The Hall–Kier alpha value is -2.14. The lowest BCUT2D eigenvalue weighted by Crippen LogP contribution is -3.00. The van der Waals surface area contributed by atoms with Crippen LogP contribution in [0, 0.1) is 6.92 Å². The van der Waals surface area contributed by atoms with Crippen molar-refractivity contribution in [1.29, 1.82) is 0 Å². The molecule has 0 N–H and O–H groups in total. The maximum atomic E-state index is 2.38. The molecule has 1 aromatic heterocycles. The lowest BCUT2D eigenvalue weighted by Gasteiger charge is -2.29. The van der Waals surface area contributed by atoms with Crippen LogP contribution in [0.4, 0.5) is 5.69 Å². The van der Waals surface area contributed by atoms with Gasteiger partial charge in [-0.3, -0.25) is 0 Å². The van der Waals surface area contributed by atoms with E-state index in [1.807, 2.05) is 0 Å². The maximum absolute atomic E-state index is 2.38. The van der Waals surface area contributed by atoms with Crippen molar-refractivity contribution >= 4 is 28.7 Å². The van der Waals surface area contributed by atoms with Crippen molar-refractivity contribution in [2.24, 2.45) is 7.05 Å². The minimum Gasteiger partial charge on any atom is -1.00 e. The Kier molecular flexibility index (Phi) is 5.47. The van der Waals surface area contributed by atoms with Gasteiger partial charge in [-0.1, -0.05) is 29.8 Å². The number of aryl methyl sites for hydroxylation is 2. The van der Waals surface area contributed by atoms with Crippen molar-refractivity contribution in [1.82, 2.24) is 0 Å². The molecule has 0 saturated heterocycles. The first kappa shape index (κ1) is 18.6. The van der Waals surface area contributed by atoms with E-state index in [0.717, 1.165) is 6.54 Å². The van der Waals surface area contributed by atoms with Gasteiger partial charge in [0.05, 0.1) is 0 Å². The number of likely N-dealkylation sites (N-methyl/N-ethyl adjacent to an activating group) is 1. The summed E-state index contributed by atoms with van der Waals surface area (Å²) in [5.41, 5.74) is 7.55. The van der Waals surface area contributed by atoms with Gasteiger partial charge in [-0.05, 0) is 49.8 Å². The topological polar surface area (TPSA) is 7.12 Å². The number of fused-ring (bicyclic) bond motifs is 2. The molecule has 0 unspecified atom stereocenters. The molecule has 0 fully saturated rings. The molecule has 26 heavy (non-hydrogen) atoms. The van der Waals surface area contributed by atoms with Gasteiger partial charge in [0.2, 0.25) is 11.2 Å². The van der Waals surface area contributed by atoms with Crippen LogP contribution in [0.25, 0.3) is 23.1 Å². The van der Waals surface area contributed by atoms with Crippen molar-refractivity contribution < 1.29 is 28.5 Å². The van der Waals surface area contributed by atoms with Crippen molar-refractivity contribution in [3.05, 3.63) is 83.2 Å². The van der Waals surface area contributed by atoms with Crippen LogP contribution in [0.5, 0.6) is 0 Å². The normalized spacial score (nSPS) is 14.4. The summed E-state index contributed by atoms with van der Waals surface area (Å²) in [5.74, 6) is 0. The molecule has 4 rings (SSSR count). The zero-order valence-corrected chi connectivity index (χ0v) is 17.6. The fourth-order valence-corrected chi connectivity index (χ4v) is 3.59. The molecule has 1 aliphatic heterocycles. The Morgan fingerprint density at radius 3 is 2.62 bits per heavy atom. The third-order valence-corrected chi connectivity index (χ3v) is 4.95. The second kappa shape index (κ2) is 7.62. The Morgan fingerprint density at radius 2 is 1.81 bits per heavy atom. The second-order valence-electron chi connectivity index (χ2n) is 6.59. The van der Waals surface area contributed by atoms with Crippen LogP contribution in [0.3, 0.4) is 0 Å². The first-order chi connectivity index (χ1) is 12.2. The van der Waals surface area contributed by atoms with Gasteiger partial charge in [-0.25, -0.2) is 0 Å². The van der Waals surface area contributed by atoms with E-state index in [9.17, 15) is 0 Å². The zero-order valence-electron chi connectivity index (χ0n) is 15.4. The van der Waals surface area contributed by atoms with Crippen LogP contribution in [0.1, 0.15) is 23.7 Å². The molecular weight excluding hydrogens is 431 g/mol. The van der Waals surface area contributed by atoms with Gasteiger partial charge in [0.1, 0.15) is 7.05 Å². The molecule has 0 radical (unpaired) electrons. The van der Waals surface area contributed by atoms with Crippen LogP contribution in [-0.2, 0) is 7.05 Å². The first-order valence-corrected chi connectivity index (χ1v) is 8.83. The number of hydrogen-bond donors (Lipinski definition) is 0. The largest absolute Gasteiger partial charge is 1.00 e. The number of pyridine rings is 1. The Morgan fingerprint density at radius 1 is 1.00 bits per heavy atom.